The van der Waals surface area contributed by atoms with Crippen LogP contribution in [0.1, 0.15) is 24.4 Å². The molecule has 0 spiro atoms. The zero-order chi connectivity index (χ0) is 13.0. The van der Waals surface area contributed by atoms with E-state index in [2.05, 4.69) is 68.6 Å². The fourth-order valence-corrected chi connectivity index (χ4v) is 2.68. The molecular formula is C14H18IN3. The van der Waals surface area contributed by atoms with E-state index in [0.717, 1.165) is 18.8 Å². The Kier molecular flexibility index (Phi) is 4.77. The summed E-state index contributed by atoms with van der Waals surface area (Å²) >= 11 is 2.35. The lowest BCUT2D eigenvalue weighted by Gasteiger charge is -2.17. The van der Waals surface area contributed by atoms with Gasteiger partial charge in [0.05, 0.1) is 0 Å². The number of hydrogen-bond donors (Lipinski definition) is 1. The molecule has 0 aliphatic rings. The second-order valence-electron chi connectivity index (χ2n) is 4.23. The van der Waals surface area contributed by atoms with E-state index >= 15 is 0 Å². The zero-order valence-corrected chi connectivity index (χ0v) is 12.9. The number of likely N-dealkylation sites (N-methyl/N-ethyl adjacent to an activating group) is 1. The molecule has 1 aromatic carbocycles. The average Bonchev–Trinajstić information content (AvgIpc) is 2.83. The van der Waals surface area contributed by atoms with Gasteiger partial charge < -0.3 is 9.88 Å². The van der Waals surface area contributed by atoms with E-state index in [-0.39, 0.29) is 0 Å². The first kappa shape index (κ1) is 13.5. The van der Waals surface area contributed by atoms with Crippen LogP contribution in [-0.2, 0) is 13.0 Å². The fraction of sp³-hybridized carbons (Fsp3) is 0.357. The fourth-order valence-electron chi connectivity index (χ4n) is 2.11. The van der Waals surface area contributed by atoms with E-state index in [9.17, 15) is 0 Å². The Bertz CT molecular complexity index is 507. The summed E-state index contributed by atoms with van der Waals surface area (Å²) in [7, 11) is 2.00. The van der Waals surface area contributed by atoms with Gasteiger partial charge in [-0.15, -0.1) is 0 Å². The molecule has 0 saturated carbocycles. The highest BCUT2D eigenvalue weighted by molar-refractivity contribution is 14.1. The Balaban J connectivity index is 2.20. The van der Waals surface area contributed by atoms with Crippen LogP contribution < -0.4 is 5.32 Å². The predicted octanol–water partition coefficient (Wildman–Crippen LogP) is 3.01. The second-order valence-corrected chi connectivity index (χ2v) is 5.48. The molecule has 1 unspecified atom stereocenters. The number of nitrogens with zero attached hydrogens (tertiary/aromatic N) is 2. The average molecular weight is 355 g/mol. The minimum atomic E-state index is 0.312. The van der Waals surface area contributed by atoms with Crippen molar-refractivity contribution in [2.24, 2.45) is 0 Å². The number of rotatable bonds is 5. The monoisotopic (exact) mass is 355 g/mol. The van der Waals surface area contributed by atoms with Crippen LogP contribution >= 0.6 is 22.6 Å². The van der Waals surface area contributed by atoms with Crippen molar-refractivity contribution >= 4 is 22.6 Å². The van der Waals surface area contributed by atoms with Crippen LogP contribution in [0.2, 0.25) is 0 Å². The largest absolute Gasteiger partial charge is 0.335 e. The number of benzene rings is 1. The van der Waals surface area contributed by atoms with Gasteiger partial charge >= 0.3 is 0 Å². The van der Waals surface area contributed by atoms with Gasteiger partial charge in [0, 0.05) is 35.0 Å². The number of hydrogen-bond acceptors (Lipinski definition) is 2. The minimum absolute atomic E-state index is 0.312. The Morgan fingerprint density at radius 2 is 2.28 bits per heavy atom. The normalized spacial score (nSPS) is 12.6. The maximum atomic E-state index is 4.44. The molecule has 1 atom stereocenters. The Morgan fingerprint density at radius 3 is 2.94 bits per heavy atom. The SMILES string of the molecule is CCn1ccnc1CC(NC)c1cccc(I)c1. The number of nitrogens with one attached hydrogen (secondary N) is 1. The van der Waals surface area contributed by atoms with Crippen molar-refractivity contribution in [3.05, 3.63) is 51.6 Å². The molecule has 1 aromatic heterocycles. The molecule has 0 bridgehead atoms. The number of imidazole rings is 1. The van der Waals surface area contributed by atoms with Crippen LogP contribution in [0.3, 0.4) is 0 Å². The Hall–Kier alpha value is -0.880. The molecule has 2 rings (SSSR count). The zero-order valence-electron chi connectivity index (χ0n) is 10.7. The summed E-state index contributed by atoms with van der Waals surface area (Å²) in [5.74, 6) is 1.13. The van der Waals surface area contributed by atoms with Gasteiger partial charge in [0.25, 0.3) is 0 Å². The molecule has 0 radical (unpaired) electrons. The summed E-state index contributed by atoms with van der Waals surface area (Å²) in [5.41, 5.74) is 1.31. The van der Waals surface area contributed by atoms with Crippen LogP contribution in [0.15, 0.2) is 36.7 Å². The molecule has 0 amide bonds. The maximum Gasteiger partial charge on any atom is 0.110 e. The summed E-state index contributed by atoms with van der Waals surface area (Å²) in [6, 6.07) is 8.92. The lowest BCUT2D eigenvalue weighted by Crippen LogP contribution is -2.20. The van der Waals surface area contributed by atoms with E-state index in [4.69, 9.17) is 0 Å². The molecule has 96 valence electrons. The first-order valence-corrected chi connectivity index (χ1v) is 7.25. The van der Waals surface area contributed by atoms with Crippen molar-refractivity contribution in [1.82, 2.24) is 14.9 Å². The first-order chi connectivity index (χ1) is 8.74. The standard InChI is InChI=1S/C14H18IN3/c1-3-18-8-7-17-14(18)10-13(16-2)11-5-4-6-12(15)9-11/h4-9,13,16H,3,10H2,1-2H3. The van der Waals surface area contributed by atoms with Crippen LogP contribution in [0.5, 0.6) is 0 Å². The van der Waals surface area contributed by atoms with Crippen LogP contribution in [0.4, 0.5) is 0 Å². The molecule has 0 aliphatic heterocycles. The summed E-state index contributed by atoms with van der Waals surface area (Å²) in [6.45, 7) is 3.11. The van der Waals surface area contributed by atoms with Gasteiger partial charge in [0.15, 0.2) is 0 Å². The molecule has 18 heavy (non-hydrogen) atoms. The van der Waals surface area contributed by atoms with E-state index in [1.165, 1.54) is 9.13 Å². The highest BCUT2D eigenvalue weighted by Gasteiger charge is 2.13. The summed E-state index contributed by atoms with van der Waals surface area (Å²) in [6.07, 6.45) is 4.83. The van der Waals surface area contributed by atoms with Gasteiger partial charge in [-0.3, -0.25) is 0 Å². The third-order valence-electron chi connectivity index (χ3n) is 3.13. The van der Waals surface area contributed by atoms with Crippen molar-refractivity contribution < 1.29 is 0 Å². The highest BCUT2D eigenvalue weighted by atomic mass is 127. The lowest BCUT2D eigenvalue weighted by molar-refractivity contribution is 0.553. The van der Waals surface area contributed by atoms with Gasteiger partial charge in [-0.05, 0) is 54.3 Å². The summed E-state index contributed by atoms with van der Waals surface area (Å²) in [4.78, 5) is 4.44. The van der Waals surface area contributed by atoms with E-state index in [0.29, 0.717) is 6.04 Å². The number of halogens is 1. The molecule has 0 aliphatic carbocycles. The van der Waals surface area contributed by atoms with Crippen LogP contribution in [0.25, 0.3) is 0 Å². The predicted molar refractivity (Wildman–Crippen MR) is 82.6 cm³/mol. The molecule has 4 heteroatoms. The topological polar surface area (TPSA) is 29.9 Å². The third kappa shape index (κ3) is 3.11. The third-order valence-corrected chi connectivity index (χ3v) is 3.80. The van der Waals surface area contributed by atoms with Crippen LogP contribution in [0, 0.1) is 3.57 Å². The lowest BCUT2D eigenvalue weighted by atomic mass is 10.0. The summed E-state index contributed by atoms with van der Waals surface area (Å²) in [5, 5.41) is 3.38. The van der Waals surface area contributed by atoms with Gasteiger partial charge in [-0.2, -0.15) is 0 Å². The van der Waals surface area contributed by atoms with Gasteiger partial charge in [0.1, 0.15) is 5.82 Å². The maximum absolute atomic E-state index is 4.44. The Labute approximate surface area is 122 Å². The highest BCUT2D eigenvalue weighted by Crippen LogP contribution is 2.19. The summed E-state index contributed by atoms with van der Waals surface area (Å²) < 4.78 is 3.46. The van der Waals surface area contributed by atoms with E-state index in [1.807, 2.05) is 19.4 Å². The van der Waals surface area contributed by atoms with E-state index in [1.54, 1.807) is 0 Å². The minimum Gasteiger partial charge on any atom is -0.335 e. The van der Waals surface area contributed by atoms with Crippen molar-refractivity contribution in [2.75, 3.05) is 7.05 Å². The number of aromatic nitrogens is 2. The molecule has 3 nitrogen and oxygen atoms in total. The Morgan fingerprint density at radius 1 is 1.44 bits per heavy atom. The van der Waals surface area contributed by atoms with Gasteiger partial charge in [-0.1, -0.05) is 12.1 Å². The molecule has 1 heterocycles. The first-order valence-electron chi connectivity index (χ1n) is 6.17. The van der Waals surface area contributed by atoms with Gasteiger partial charge in [-0.25, -0.2) is 4.98 Å². The smallest absolute Gasteiger partial charge is 0.110 e. The van der Waals surface area contributed by atoms with Crippen LogP contribution in [-0.4, -0.2) is 16.6 Å². The second kappa shape index (κ2) is 6.33. The molecule has 1 N–H and O–H groups in total. The van der Waals surface area contributed by atoms with Crippen molar-refractivity contribution in [1.29, 1.82) is 0 Å². The molecule has 2 aromatic rings. The van der Waals surface area contributed by atoms with E-state index < -0.39 is 0 Å². The molecular weight excluding hydrogens is 337 g/mol. The molecule has 0 saturated heterocycles. The number of aryl methyl sites for hydroxylation is 1. The van der Waals surface area contributed by atoms with Crippen molar-refractivity contribution in [2.45, 2.75) is 25.9 Å². The van der Waals surface area contributed by atoms with Gasteiger partial charge in [0.2, 0.25) is 0 Å². The van der Waals surface area contributed by atoms with Crippen molar-refractivity contribution in [3.63, 3.8) is 0 Å². The quantitative estimate of drug-likeness (QED) is 0.836. The van der Waals surface area contributed by atoms with Crippen molar-refractivity contribution in [3.8, 4) is 0 Å². The molecule has 0 fully saturated rings.